The fourth-order valence-corrected chi connectivity index (χ4v) is 4.25. The van der Waals surface area contributed by atoms with Crippen molar-refractivity contribution in [1.82, 2.24) is 5.32 Å². The summed E-state index contributed by atoms with van der Waals surface area (Å²) in [7, 11) is 0. The number of amides is 1. The number of carbonyl (C=O) groups excluding carboxylic acids is 2. The molecular formula is C29H30FNO5. The molecule has 1 aliphatic rings. The minimum absolute atomic E-state index is 0.0728. The number of esters is 1. The molecule has 1 N–H and O–H groups in total. The Bertz CT molecular complexity index is 1190. The van der Waals surface area contributed by atoms with Crippen LogP contribution in [0.15, 0.2) is 72.8 Å². The average molecular weight is 492 g/mol. The van der Waals surface area contributed by atoms with Gasteiger partial charge in [0, 0.05) is 5.92 Å². The van der Waals surface area contributed by atoms with Crippen molar-refractivity contribution in [2.75, 3.05) is 13.2 Å². The van der Waals surface area contributed by atoms with Crippen LogP contribution in [0.3, 0.4) is 0 Å². The van der Waals surface area contributed by atoms with Gasteiger partial charge in [0.2, 0.25) is 0 Å². The van der Waals surface area contributed by atoms with E-state index in [2.05, 4.69) is 17.4 Å². The second-order valence-electron chi connectivity index (χ2n) is 9.70. The minimum atomic E-state index is -1.09. The first-order valence-corrected chi connectivity index (χ1v) is 11.9. The summed E-state index contributed by atoms with van der Waals surface area (Å²) >= 11 is 0. The number of ether oxygens (including phenoxy) is 3. The van der Waals surface area contributed by atoms with Crippen LogP contribution in [-0.4, -0.2) is 36.9 Å². The largest absolute Gasteiger partial charge is 0.458 e. The molecule has 0 radical (unpaired) electrons. The predicted molar refractivity (Wildman–Crippen MR) is 134 cm³/mol. The first-order valence-electron chi connectivity index (χ1n) is 11.9. The van der Waals surface area contributed by atoms with Crippen LogP contribution in [0.2, 0.25) is 0 Å². The first-order chi connectivity index (χ1) is 17.2. The van der Waals surface area contributed by atoms with Crippen molar-refractivity contribution in [1.29, 1.82) is 0 Å². The van der Waals surface area contributed by atoms with E-state index in [1.54, 1.807) is 32.9 Å². The Kier molecular flexibility index (Phi) is 7.70. The highest BCUT2D eigenvalue weighted by Crippen LogP contribution is 2.44. The average Bonchev–Trinajstić information content (AvgIpc) is 3.15. The quantitative estimate of drug-likeness (QED) is 0.416. The number of rotatable bonds is 8. The van der Waals surface area contributed by atoms with E-state index in [0.29, 0.717) is 5.56 Å². The molecule has 1 amide bonds. The molecule has 0 bridgehead atoms. The van der Waals surface area contributed by atoms with Gasteiger partial charge in [0.15, 0.2) is 6.04 Å². The molecule has 0 saturated carbocycles. The zero-order valence-electron chi connectivity index (χ0n) is 20.6. The Labute approximate surface area is 210 Å². The van der Waals surface area contributed by atoms with Crippen LogP contribution in [0, 0.1) is 5.82 Å². The van der Waals surface area contributed by atoms with Gasteiger partial charge in [0.1, 0.15) is 18.0 Å². The van der Waals surface area contributed by atoms with Gasteiger partial charge in [-0.3, -0.25) is 0 Å². The van der Waals surface area contributed by atoms with Gasteiger partial charge in [-0.25, -0.2) is 14.0 Å². The normalized spacial score (nSPS) is 13.4. The molecule has 0 heterocycles. The molecule has 0 spiro atoms. The predicted octanol–water partition coefficient (Wildman–Crippen LogP) is 5.59. The highest BCUT2D eigenvalue weighted by atomic mass is 19.1. The zero-order valence-corrected chi connectivity index (χ0v) is 20.6. The van der Waals surface area contributed by atoms with Crippen molar-refractivity contribution >= 4 is 12.1 Å². The Morgan fingerprint density at radius 1 is 0.944 bits per heavy atom. The fraction of sp³-hybridized carbons (Fsp3) is 0.310. The lowest BCUT2D eigenvalue weighted by molar-refractivity contribution is -0.159. The summed E-state index contributed by atoms with van der Waals surface area (Å²) in [4.78, 5) is 25.5. The molecule has 7 heteroatoms. The lowest BCUT2D eigenvalue weighted by atomic mass is 9.98. The molecular weight excluding hydrogens is 461 g/mol. The van der Waals surface area contributed by atoms with Crippen molar-refractivity contribution in [2.45, 2.75) is 44.9 Å². The summed E-state index contributed by atoms with van der Waals surface area (Å²) in [5.41, 5.74) is 4.29. The zero-order chi connectivity index (χ0) is 25.7. The topological polar surface area (TPSA) is 73.9 Å². The summed E-state index contributed by atoms with van der Waals surface area (Å²) in [5.74, 6) is -1.13. The standard InChI is InChI=1S/C29H30FNO5/c1-29(2,3)36-27(32)26(18-34-16-19-9-8-10-20(30)15-19)31-28(33)35-17-25-23-13-6-4-11-21(23)22-12-5-7-14-24(22)25/h4-15,25-26H,16-18H2,1-3H3,(H,31,33)/t26-/m0/s1. The molecule has 3 aromatic carbocycles. The van der Waals surface area contributed by atoms with E-state index in [9.17, 15) is 14.0 Å². The number of benzene rings is 3. The third-order valence-corrected chi connectivity index (χ3v) is 5.77. The Balaban J connectivity index is 1.40. The molecule has 0 saturated heterocycles. The van der Waals surface area contributed by atoms with Gasteiger partial charge in [-0.15, -0.1) is 0 Å². The lowest BCUT2D eigenvalue weighted by Gasteiger charge is -2.24. The summed E-state index contributed by atoms with van der Waals surface area (Å²) < 4.78 is 30.1. The van der Waals surface area contributed by atoms with Gasteiger partial charge in [0.25, 0.3) is 0 Å². The minimum Gasteiger partial charge on any atom is -0.458 e. The van der Waals surface area contributed by atoms with Gasteiger partial charge >= 0.3 is 12.1 Å². The summed E-state index contributed by atoms with van der Waals surface area (Å²) in [6.45, 7) is 5.25. The molecule has 36 heavy (non-hydrogen) atoms. The number of nitrogens with one attached hydrogen (secondary N) is 1. The number of carbonyl (C=O) groups is 2. The Hall–Kier alpha value is -3.71. The molecule has 188 valence electrons. The second kappa shape index (κ2) is 10.9. The maximum atomic E-state index is 13.4. The number of hydrogen-bond acceptors (Lipinski definition) is 5. The van der Waals surface area contributed by atoms with E-state index in [-0.39, 0.29) is 31.6 Å². The molecule has 4 rings (SSSR count). The van der Waals surface area contributed by atoms with E-state index >= 15 is 0 Å². The second-order valence-corrected chi connectivity index (χ2v) is 9.70. The molecule has 3 aromatic rings. The van der Waals surface area contributed by atoms with Crippen LogP contribution >= 0.6 is 0 Å². The van der Waals surface area contributed by atoms with Gasteiger partial charge < -0.3 is 19.5 Å². The summed E-state index contributed by atoms with van der Waals surface area (Å²) in [5, 5.41) is 2.57. The molecule has 0 fully saturated rings. The summed E-state index contributed by atoms with van der Waals surface area (Å²) in [6, 6.07) is 21.0. The van der Waals surface area contributed by atoms with Crippen molar-refractivity contribution < 1.29 is 28.2 Å². The third-order valence-electron chi connectivity index (χ3n) is 5.77. The Morgan fingerprint density at radius 3 is 2.19 bits per heavy atom. The monoisotopic (exact) mass is 491 g/mol. The maximum absolute atomic E-state index is 13.4. The van der Waals surface area contributed by atoms with E-state index < -0.39 is 23.7 Å². The molecule has 0 unspecified atom stereocenters. The van der Waals surface area contributed by atoms with Crippen LogP contribution < -0.4 is 5.32 Å². The van der Waals surface area contributed by atoms with Crippen LogP contribution in [0.25, 0.3) is 11.1 Å². The lowest BCUT2D eigenvalue weighted by Crippen LogP contribution is -2.47. The molecule has 1 aliphatic carbocycles. The Morgan fingerprint density at radius 2 is 1.58 bits per heavy atom. The molecule has 6 nitrogen and oxygen atoms in total. The van der Waals surface area contributed by atoms with Gasteiger partial charge in [-0.05, 0) is 60.7 Å². The smallest absolute Gasteiger partial charge is 0.407 e. The van der Waals surface area contributed by atoms with Crippen molar-refractivity contribution in [3.05, 3.63) is 95.3 Å². The first kappa shape index (κ1) is 25.4. The van der Waals surface area contributed by atoms with Crippen LogP contribution in [0.4, 0.5) is 9.18 Å². The number of hydrogen-bond donors (Lipinski definition) is 1. The van der Waals surface area contributed by atoms with E-state index in [0.717, 1.165) is 22.3 Å². The number of fused-ring (bicyclic) bond motifs is 3. The van der Waals surface area contributed by atoms with E-state index in [1.165, 1.54) is 12.1 Å². The van der Waals surface area contributed by atoms with Crippen LogP contribution in [0.1, 0.15) is 43.4 Å². The summed E-state index contributed by atoms with van der Waals surface area (Å²) in [6.07, 6.45) is -0.748. The fourth-order valence-electron chi connectivity index (χ4n) is 4.25. The van der Waals surface area contributed by atoms with Crippen molar-refractivity contribution in [2.24, 2.45) is 0 Å². The maximum Gasteiger partial charge on any atom is 0.407 e. The van der Waals surface area contributed by atoms with Crippen LogP contribution in [-0.2, 0) is 25.6 Å². The highest BCUT2D eigenvalue weighted by molar-refractivity contribution is 5.82. The van der Waals surface area contributed by atoms with E-state index in [1.807, 2.05) is 36.4 Å². The van der Waals surface area contributed by atoms with Gasteiger partial charge in [0.05, 0.1) is 13.2 Å². The van der Waals surface area contributed by atoms with Crippen LogP contribution in [0.5, 0.6) is 0 Å². The molecule has 0 aromatic heterocycles. The molecule has 1 atom stereocenters. The SMILES string of the molecule is CC(C)(C)OC(=O)[C@H](COCc1cccc(F)c1)NC(=O)OCC1c2ccccc2-c2ccccc21. The van der Waals surface area contributed by atoms with E-state index in [4.69, 9.17) is 14.2 Å². The van der Waals surface area contributed by atoms with Gasteiger partial charge in [-0.2, -0.15) is 0 Å². The number of halogens is 1. The van der Waals surface area contributed by atoms with Crippen molar-refractivity contribution in [3.63, 3.8) is 0 Å². The van der Waals surface area contributed by atoms with Gasteiger partial charge in [-0.1, -0.05) is 60.7 Å². The molecule has 0 aliphatic heterocycles. The third kappa shape index (κ3) is 6.29. The highest BCUT2D eigenvalue weighted by Gasteiger charge is 2.31. The number of alkyl carbamates (subject to hydrolysis) is 1. The van der Waals surface area contributed by atoms with Crippen molar-refractivity contribution in [3.8, 4) is 11.1 Å².